The van der Waals surface area contributed by atoms with Gasteiger partial charge in [-0.25, -0.2) is 4.79 Å². The van der Waals surface area contributed by atoms with Crippen LogP contribution in [0.4, 0.5) is 0 Å². The molecule has 1 N–H and O–H groups in total. The van der Waals surface area contributed by atoms with E-state index in [0.717, 1.165) is 24.3 Å². The average molecular weight is 487 g/mol. The molecule has 2 atom stereocenters. The summed E-state index contributed by atoms with van der Waals surface area (Å²) in [5.41, 5.74) is 0.769. The van der Waals surface area contributed by atoms with Crippen molar-refractivity contribution in [2.45, 2.75) is 43.9 Å². The molecular formula is C26H31ClN2O5. The van der Waals surface area contributed by atoms with E-state index in [1.807, 2.05) is 43.3 Å². The SMILES string of the molecule is COC(=O)c1ccc(C(C)NC(=O)C2(N3CC[C@@H](Oc4cccc(Cl)c4)C3)CCOCC2)cc1. The van der Waals surface area contributed by atoms with Gasteiger partial charge in [-0.05, 0) is 62.1 Å². The molecule has 0 saturated carbocycles. The first kappa shape index (κ1) is 24.5. The molecule has 1 unspecified atom stereocenters. The van der Waals surface area contributed by atoms with Crippen LogP contribution in [0.1, 0.15) is 48.1 Å². The number of carbonyl (C=O) groups is 2. The Labute approximate surface area is 205 Å². The summed E-state index contributed by atoms with van der Waals surface area (Å²) in [6.45, 7) is 4.49. The third-order valence-corrected chi connectivity index (χ3v) is 7.01. The lowest BCUT2D eigenvalue weighted by Gasteiger charge is -2.43. The quantitative estimate of drug-likeness (QED) is 0.596. The highest BCUT2D eigenvalue weighted by atomic mass is 35.5. The number of hydrogen-bond acceptors (Lipinski definition) is 6. The van der Waals surface area contributed by atoms with E-state index in [1.165, 1.54) is 7.11 Å². The third-order valence-electron chi connectivity index (χ3n) is 6.77. The van der Waals surface area contributed by atoms with E-state index < -0.39 is 5.54 Å². The number of benzene rings is 2. The molecule has 0 radical (unpaired) electrons. The summed E-state index contributed by atoms with van der Waals surface area (Å²) in [4.78, 5) is 27.6. The molecule has 2 saturated heterocycles. The fourth-order valence-corrected chi connectivity index (χ4v) is 4.96. The highest BCUT2D eigenvalue weighted by Gasteiger charge is 2.48. The maximum atomic E-state index is 13.7. The van der Waals surface area contributed by atoms with Crippen LogP contribution in [0.5, 0.6) is 5.75 Å². The Hall–Kier alpha value is -2.61. The predicted molar refractivity (Wildman–Crippen MR) is 129 cm³/mol. The molecule has 2 heterocycles. The van der Waals surface area contributed by atoms with Crippen LogP contribution in [0.25, 0.3) is 0 Å². The van der Waals surface area contributed by atoms with Crippen LogP contribution in [-0.2, 0) is 14.3 Å². The van der Waals surface area contributed by atoms with Gasteiger partial charge in [0.25, 0.3) is 0 Å². The van der Waals surface area contributed by atoms with Crippen molar-refractivity contribution in [1.82, 2.24) is 10.2 Å². The van der Waals surface area contributed by atoms with Crippen molar-refractivity contribution in [2.75, 3.05) is 33.4 Å². The summed E-state index contributed by atoms with van der Waals surface area (Å²) in [5.74, 6) is 0.366. The Morgan fingerprint density at radius 1 is 1.18 bits per heavy atom. The largest absolute Gasteiger partial charge is 0.489 e. The maximum absolute atomic E-state index is 13.7. The van der Waals surface area contributed by atoms with Gasteiger partial charge in [0.2, 0.25) is 5.91 Å². The summed E-state index contributed by atoms with van der Waals surface area (Å²) in [5, 5.41) is 3.85. The average Bonchev–Trinajstić information content (AvgIpc) is 3.33. The highest BCUT2D eigenvalue weighted by Crippen LogP contribution is 2.34. The van der Waals surface area contributed by atoms with Gasteiger partial charge in [0.05, 0.1) is 18.7 Å². The second kappa shape index (κ2) is 10.8. The molecule has 182 valence electrons. The summed E-state index contributed by atoms with van der Waals surface area (Å²) < 4.78 is 16.5. The van der Waals surface area contributed by atoms with Crippen molar-refractivity contribution in [3.8, 4) is 5.75 Å². The van der Waals surface area contributed by atoms with E-state index in [4.69, 9.17) is 25.8 Å². The van der Waals surface area contributed by atoms with Crippen LogP contribution >= 0.6 is 11.6 Å². The summed E-state index contributed by atoms with van der Waals surface area (Å²) >= 11 is 6.09. The van der Waals surface area contributed by atoms with Crippen LogP contribution in [0.2, 0.25) is 5.02 Å². The summed E-state index contributed by atoms with van der Waals surface area (Å²) in [6, 6.07) is 14.3. The second-order valence-electron chi connectivity index (χ2n) is 8.88. The topological polar surface area (TPSA) is 77.1 Å². The first-order chi connectivity index (χ1) is 16.4. The first-order valence-corrected chi connectivity index (χ1v) is 12.0. The number of halogens is 1. The number of amides is 1. The number of methoxy groups -OCH3 is 1. The smallest absolute Gasteiger partial charge is 0.337 e. The fourth-order valence-electron chi connectivity index (χ4n) is 4.78. The normalized spacial score (nSPS) is 21.0. The lowest BCUT2D eigenvalue weighted by molar-refractivity contribution is -0.140. The van der Waals surface area contributed by atoms with Gasteiger partial charge < -0.3 is 19.5 Å². The van der Waals surface area contributed by atoms with E-state index in [2.05, 4.69) is 10.2 Å². The molecule has 34 heavy (non-hydrogen) atoms. The second-order valence-corrected chi connectivity index (χ2v) is 9.32. The Bertz CT molecular complexity index is 1010. The zero-order valence-corrected chi connectivity index (χ0v) is 20.3. The number of hydrogen-bond donors (Lipinski definition) is 1. The lowest BCUT2D eigenvalue weighted by atomic mass is 9.86. The third kappa shape index (κ3) is 5.37. The van der Waals surface area contributed by atoms with E-state index in [1.54, 1.807) is 12.1 Å². The van der Waals surface area contributed by atoms with Crippen molar-refractivity contribution in [2.24, 2.45) is 0 Å². The molecule has 1 amide bonds. The molecule has 2 aromatic carbocycles. The van der Waals surface area contributed by atoms with Gasteiger partial charge in [0.15, 0.2) is 0 Å². The van der Waals surface area contributed by atoms with Crippen LogP contribution in [0.3, 0.4) is 0 Å². The number of likely N-dealkylation sites (tertiary alicyclic amines) is 1. The zero-order chi connectivity index (χ0) is 24.1. The summed E-state index contributed by atoms with van der Waals surface area (Å²) in [7, 11) is 1.36. The Kier molecular flexibility index (Phi) is 7.76. The summed E-state index contributed by atoms with van der Waals surface area (Å²) in [6.07, 6.45) is 2.11. The van der Waals surface area contributed by atoms with Gasteiger partial charge >= 0.3 is 5.97 Å². The van der Waals surface area contributed by atoms with Crippen molar-refractivity contribution in [3.63, 3.8) is 0 Å². The standard InChI is InChI=1S/C26H31ClN2O5/c1-18(19-6-8-20(9-7-19)24(30)32-2)28-25(31)26(11-14-33-15-12-26)29-13-10-23(17-29)34-22-5-3-4-21(27)16-22/h3-9,16,18,23H,10-15,17H2,1-2H3,(H,28,31)/t18?,23-/m1/s1. The molecule has 2 fully saturated rings. The predicted octanol–water partition coefficient (Wildman–Crippen LogP) is 4.01. The van der Waals surface area contributed by atoms with E-state index in [9.17, 15) is 9.59 Å². The number of esters is 1. The molecular weight excluding hydrogens is 456 g/mol. The molecule has 4 rings (SSSR count). The molecule has 0 bridgehead atoms. The van der Waals surface area contributed by atoms with E-state index in [-0.39, 0.29) is 24.0 Å². The highest BCUT2D eigenvalue weighted by molar-refractivity contribution is 6.30. The molecule has 2 aliphatic rings. The van der Waals surface area contributed by atoms with Crippen molar-refractivity contribution in [3.05, 3.63) is 64.7 Å². The van der Waals surface area contributed by atoms with Gasteiger partial charge in [-0.1, -0.05) is 29.8 Å². The molecule has 2 aromatic rings. The van der Waals surface area contributed by atoms with Gasteiger partial charge in [-0.15, -0.1) is 0 Å². The van der Waals surface area contributed by atoms with Crippen molar-refractivity contribution in [1.29, 1.82) is 0 Å². The minimum atomic E-state index is -0.634. The number of rotatable bonds is 7. The number of nitrogens with zero attached hydrogens (tertiary/aromatic N) is 1. The van der Waals surface area contributed by atoms with Crippen LogP contribution in [-0.4, -0.2) is 61.8 Å². The molecule has 0 spiro atoms. The number of nitrogens with one attached hydrogen (secondary N) is 1. The monoisotopic (exact) mass is 486 g/mol. The molecule has 0 aromatic heterocycles. The van der Waals surface area contributed by atoms with Crippen LogP contribution in [0.15, 0.2) is 48.5 Å². The van der Waals surface area contributed by atoms with Gasteiger partial charge in [0.1, 0.15) is 17.4 Å². The zero-order valence-electron chi connectivity index (χ0n) is 19.6. The number of carbonyl (C=O) groups excluding carboxylic acids is 2. The Morgan fingerprint density at radius 3 is 2.59 bits per heavy atom. The minimum Gasteiger partial charge on any atom is -0.489 e. The van der Waals surface area contributed by atoms with Gasteiger partial charge in [-0.3, -0.25) is 9.69 Å². The molecule has 2 aliphatic heterocycles. The van der Waals surface area contributed by atoms with Gasteiger partial charge in [0, 0.05) is 31.3 Å². The lowest BCUT2D eigenvalue weighted by Crippen LogP contribution is -2.61. The minimum absolute atomic E-state index is 0.00347. The van der Waals surface area contributed by atoms with Crippen molar-refractivity contribution < 1.29 is 23.8 Å². The van der Waals surface area contributed by atoms with Gasteiger partial charge in [-0.2, -0.15) is 0 Å². The molecule has 0 aliphatic carbocycles. The Morgan fingerprint density at radius 2 is 1.91 bits per heavy atom. The van der Waals surface area contributed by atoms with E-state index in [0.29, 0.717) is 43.2 Å². The Balaban J connectivity index is 1.44. The first-order valence-electron chi connectivity index (χ1n) is 11.7. The maximum Gasteiger partial charge on any atom is 0.337 e. The van der Waals surface area contributed by atoms with Crippen LogP contribution < -0.4 is 10.1 Å². The fraction of sp³-hybridized carbons (Fsp3) is 0.462. The van der Waals surface area contributed by atoms with Crippen LogP contribution in [0, 0.1) is 0 Å². The molecule has 8 heteroatoms. The number of ether oxygens (including phenoxy) is 3. The molecule has 7 nitrogen and oxygen atoms in total. The van der Waals surface area contributed by atoms with Crippen molar-refractivity contribution >= 4 is 23.5 Å². The van der Waals surface area contributed by atoms with E-state index >= 15 is 0 Å².